The average Bonchev–Trinajstić information content (AvgIpc) is 1.98. The van der Waals surface area contributed by atoms with E-state index in [9.17, 15) is 9.59 Å². The van der Waals surface area contributed by atoms with Crippen molar-refractivity contribution in [2.24, 2.45) is 17.1 Å². The molecule has 0 amide bonds. The molecule has 0 bridgehead atoms. The fourth-order valence-electron chi connectivity index (χ4n) is 1.26. The van der Waals surface area contributed by atoms with Crippen LogP contribution in [-0.4, -0.2) is 18.0 Å². The number of rotatable bonds is 4. The van der Waals surface area contributed by atoms with Crippen molar-refractivity contribution in [3.05, 3.63) is 0 Å². The van der Waals surface area contributed by atoms with Crippen LogP contribution in [0, 0.1) is 11.3 Å². The Morgan fingerprint density at radius 1 is 1.24 bits per heavy atom. The molecule has 0 radical (unpaired) electrons. The molecule has 0 fully saturated rings. The minimum Gasteiger partial charge on any atom is -0.392 e. The zero-order chi connectivity index (χ0) is 12.9. The van der Waals surface area contributed by atoms with Crippen LogP contribution in [0.15, 0.2) is 0 Å². The third-order valence-electron chi connectivity index (χ3n) is 1.92. The molecule has 17 heavy (non-hydrogen) atoms. The van der Waals surface area contributed by atoms with E-state index in [4.69, 9.17) is 5.73 Å². The molecule has 0 rings (SSSR count). The van der Waals surface area contributed by atoms with Gasteiger partial charge in [-0.05, 0) is 17.8 Å². The van der Waals surface area contributed by atoms with Gasteiger partial charge in [-0.2, -0.15) is 0 Å². The van der Waals surface area contributed by atoms with Gasteiger partial charge in [-0.25, -0.2) is 4.79 Å². The summed E-state index contributed by atoms with van der Waals surface area (Å²) >= 11 is 0. The monoisotopic (exact) mass is 265 g/mol. The quantitative estimate of drug-likeness (QED) is 0.625. The van der Waals surface area contributed by atoms with Crippen LogP contribution >= 0.6 is 12.4 Å². The Morgan fingerprint density at radius 3 is 2.06 bits per heavy atom. The lowest BCUT2D eigenvalue weighted by Gasteiger charge is -2.17. The fourth-order valence-corrected chi connectivity index (χ4v) is 1.26. The van der Waals surface area contributed by atoms with E-state index in [-0.39, 0.29) is 24.2 Å². The summed E-state index contributed by atoms with van der Waals surface area (Å²) in [4.78, 5) is 22.8. The number of hydrogen-bond acceptors (Lipinski definition) is 4. The molecule has 0 aliphatic heterocycles. The van der Waals surface area contributed by atoms with E-state index in [1.807, 2.05) is 34.6 Å². The number of nitrogens with two attached hydrogens (primary N) is 1. The third-order valence-corrected chi connectivity index (χ3v) is 1.92. The molecule has 1 atom stereocenters. The van der Waals surface area contributed by atoms with E-state index in [1.54, 1.807) is 0 Å². The highest BCUT2D eigenvalue weighted by molar-refractivity contribution is 5.88. The van der Waals surface area contributed by atoms with Gasteiger partial charge in [0, 0.05) is 0 Å². The second-order valence-electron chi connectivity index (χ2n) is 5.77. The lowest BCUT2D eigenvalue weighted by atomic mass is 9.92. The molecule has 0 aliphatic carbocycles. The second kappa shape index (κ2) is 7.67. The van der Waals surface area contributed by atoms with E-state index in [1.165, 1.54) is 0 Å². The number of halogens is 1. The first-order chi connectivity index (χ1) is 7.11. The number of esters is 2. The van der Waals surface area contributed by atoms with Crippen molar-refractivity contribution in [1.29, 1.82) is 0 Å². The van der Waals surface area contributed by atoms with Gasteiger partial charge in [0.1, 0.15) is 6.04 Å². The normalized spacial score (nSPS) is 12.9. The Morgan fingerprint density at radius 2 is 1.71 bits per heavy atom. The number of carbonyl (C=O) groups excluding carboxylic acids is 2. The van der Waals surface area contributed by atoms with E-state index in [2.05, 4.69) is 4.74 Å². The van der Waals surface area contributed by atoms with Crippen LogP contribution in [0.2, 0.25) is 0 Å². The lowest BCUT2D eigenvalue weighted by molar-refractivity contribution is -0.162. The number of ether oxygens (including phenoxy) is 1. The predicted octanol–water partition coefficient (Wildman–Crippen LogP) is 2.29. The second-order valence-corrected chi connectivity index (χ2v) is 5.77. The Bertz CT molecular complexity index is 259. The average molecular weight is 266 g/mol. The Hall–Kier alpha value is -0.610. The Labute approximate surface area is 110 Å². The fraction of sp³-hybridized carbons (Fsp3) is 0.833. The molecule has 0 saturated heterocycles. The van der Waals surface area contributed by atoms with Crippen molar-refractivity contribution < 1.29 is 14.3 Å². The minimum absolute atomic E-state index is 0. The summed E-state index contributed by atoms with van der Waals surface area (Å²) in [6.07, 6.45) is 0.745. The first-order valence-corrected chi connectivity index (χ1v) is 5.62. The van der Waals surface area contributed by atoms with E-state index >= 15 is 0 Å². The topological polar surface area (TPSA) is 69.4 Å². The van der Waals surface area contributed by atoms with Crippen LogP contribution in [-0.2, 0) is 14.3 Å². The van der Waals surface area contributed by atoms with Gasteiger partial charge in [0.15, 0.2) is 0 Å². The van der Waals surface area contributed by atoms with Gasteiger partial charge in [-0.15, -0.1) is 12.4 Å². The molecule has 0 aromatic rings. The summed E-state index contributed by atoms with van der Waals surface area (Å²) in [5.74, 6) is -0.820. The van der Waals surface area contributed by atoms with Gasteiger partial charge in [-0.3, -0.25) is 4.79 Å². The van der Waals surface area contributed by atoms with Crippen molar-refractivity contribution in [2.45, 2.75) is 53.5 Å². The molecule has 102 valence electrons. The number of hydrogen-bond donors (Lipinski definition) is 1. The highest BCUT2D eigenvalue weighted by atomic mass is 35.5. The summed E-state index contributed by atoms with van der Waals surface area (Å²) in [5.41, 5.74) is 5.42. The molecule has 0 heterocycles. The Kier molecular flexibility index (Phi) is 8.45. The van der Waals surface area contributed by atoms with Gasteiger partial charge in [0.2, 0.25) is 0 Å². The first-order valence-electron chi connectivity index (χ1n) is 5.62. The summed E-state index contributed by atoms with van der Waals surface area (Å²) in [5, 5.41) is 0. The molecule has 0 saturated carbocycles. The number of carbonyl (C=O) groups is 2. The largest absolute Gasteiger partial charge is 0.392 e. The van der Waals surface area contributed by atoms with Crippen molar-refractivity contribution in [1.82, 2.24) is 0 Å². The van der Waals surface area contributed by atoms with Gasteiger partial charge >= 0.3 is 11.9 Å². The van der Waals surface area contributed by atoms with E-state index in [0.717, 1.165) is 0 Å². The van der Waals surface area contributed by atoms with E-state index < -0.39 is 18.0 Å². The maximum absolute atomic E-state index is 11.4. The van der Waals surface area contributed by atoms with Crippen LogP contribution in [0.3, 0.4) is 0 Å². The maximum Gasteiger partial charge on any atom is 0.330 e. The summed E-state index contributed by atoms with van der Waals surface area (Å²) in [7, 11) is 0. The molecule has 0 aromatic carbocycles. The van der Waals surface area contributed by atoms with Gasteiger partial charge in [0.25, 0.3) is 0 Å². The van der Waals surface area contributed by atoms with Crippen LogP contribution in [0.25, 0.3) is 0 Å². The summed E-state index contributed by atoms with van der Waals surface area (Å²) < 4.78 is 4.69. The lowest BCUT2D eigenvalue weighted by Crippen LogP contribution is -2.35. The molecule has 0 aliphatic rings. The zero-order valence-electron chi connectivity index (χ0n) is 11.3. The molecule has 4 nitrogen and oxygen atoms in total. The highest BCUT2D eigenvalue weighted by Gasteiger charge is 2.23. The third kappa shape index (κ3) is 10.3. The Balaban J connectivity index is 0. The standard InChI is InChI=1S/C12H23NO3.ClH/c1-8(2)6-9(13)11(15)16-10(14)7-12(3,4)5;/h8-9H,6-7,13H2,1-5H3;1H/t9-;/m0./s1. The van der Waals surface area contributed by atoms with Crippen LogP contribution in [0.5, 0.6) is 0 Å². The van der Waals surface area contributed by atoms with Crippen molar-refractivity contribution in [2.75, 3.05) is 0 Å². The van der Waals surface area contributed by atoms with Gasteiger partial charge < -0.3 is 10.5 Å². The van der Waals surface area contributed by atoms with Crippen molar-refractivity contribution in [3.63, 3.8) is 0 Å². The molecule has 0 aromatic heterocycles. The minimum atomic E-state index is -0.705. The highest BCUT2D eigenvalue weighted by Crippen LogP contribution is 2.19. The first kappa shape index (κ1) is 18.7. The molecular weight excluding hydrogens is 242 g/mol. The molecule has 0 spiro atoms. The van der Waals surface area contributed by atoms with Crippen LogP contribution in [0.4, 0.5) is 0 Å². The van der Waals surface area contributed by atoms with Crippen LogP contribution < -0.4 is 5.73 Å². The SMILES string of the molecule is CC(C)C[C@H](N)C(=O)OC(=O)CC(C)(C)C.Cl. The van der Waals surface area contributed by atoms with Crippen molar-refractivity contribution in [3.8, 4) is 0 Å². The zero-order valence-corrected chi connectivity index (χ0v) is 12.1. The van der Waals surface area contributed by atoms with Gasteiger partial charge in [0.05, 0.1) is 6.42 Å². The van der Waals surface area contributed by atoms with Crippen molar-refractivity contribution >= 4 is 24.3 Å². The molecular formula is C12H24ClNO3. The predicted molar refractivity (Wildman–Crippen MR) is 69.8 cm³/mol. The van der Waals surface area contributed by atoms with Crippen LogP contribution in [0.1, 0.15) is 47.5 Å². The summed E-state index contributed by atoms with van der Waals surface area (Å²) in [6, 6.07) is -0.705. The van der Waals surface area contributed by atoms with Gasteiger partial charge in [-0.1, -0.05) is 34.6 Å². The molecule has 0 unspecified atom stereocenters. The molecule has 5 heteroatoms. The summed E-state index contributed by atoms with van der Waals surface area (Å²) in [6.45, 7) is 9.65. The smallest absolute Gasteiger partial charge is 0.330 e. The van der Waals surface area contributed by atoms with E-state index in [0.29, 0.717) is 12.3 Å². The molecule has 2 N–H and O–H groups in total. The maximum atomic E-state index is 11.4.